The van der Waals surface area contributed by atoms with Crippen molar-refractivity contribution in [3.8, 4) is 0 Å². The largest absolute Gasteiger partial charge is 0.456 e. The van der Waals surface area contributed by atoms with Crippen molar-refractivity contribution < 1.29 is 9.53 Å². The van der Waals surface area contributed by atoms with E-state index in [1.807, 2.05) is 32.9 Å². The third kappa shape index (κ3) is 4.33. The quantitative estimate of drug-likeness (QED) is 0.773. The van der Waals surface area contributed by atoms with Gasteiger partial charge < -0.3 is 16.2 Å². The number of anilines is 2. The third-order valence-electron chi connectivity index (χ3n) is 4.45. The number of rotatable bonds is 5. The van der Waals surface area contributed by atoms with Crippen LogP contribution < -0.4 is 11.5 Å². The zero-order valence-corrected chi connectivity index (χ0v) is 16.4. The zero-order valence-electron chi connectivity index (χ0n) is 15.5. The maximum atomic E-state index is 12.1. The molecule has 1 aliphatic rings. The number of carbonyl (C=O) groups excluding carboxylic acids is 1. The highest BCUT2D eigenvalue weighted by Crippen LogP contribution is 2.39. The Kier molecular flexibility index (Phi) is 5.18. The van der Waals surface area contributed by atoms with Crippen molar-refractivity contribution in [3.63, 3.8) is 0 Å². The average Bonchev–Trinajstić information content (AvgIpc) is 3.13. The van der Waals surface area contributed by atoms with E-state index >= 15 is 0 Å². The smallest absolute Gasteiger partial charge is 0.348 e. The molecule has 0 spiro atoms. The van der Waals surface area contributed by atoms with Crippen LogP contribution in [-0.2, 0) is 17.6 Å². The molecule has 0 saturated heterocycles. The monoisotopic (exact) mass is 374 g/mol. The van der Waals surface area contributed by atoms with Gasteiger partial charge in [-0.25, -0.2) is 9.78 Å². The van der Waals surface area contributed by atoms with Gasteiger partial charge in [0.2, 0.25) is 5.95 Å². The number of nitrogens with zero attached hydrogens (tertiary/aromatic N) is 2. The van der Waals surface area contributed by atoms with Crippen LogP contribution in [0.3, 0.4) is 0 Å². The SMILES string of the molecule is CC(C)(C)OC(=O)c1ccc(CCCC2CCc3nc(N)nc(N)c32)s1. The van der Waals surface area contributed by atoms with E-state index in [1.165, 1.54) is 16.2 Å². The molecule has 2 heterocycles. The molecular formula is C19H26N4O2S. The number of nitrogens with two attached hydrogens (primary N) is 2. The second-order valence-corrected chi connectivity index (χ2v) is 8.89. The fourth-order valence-corrected chi connectivity index (χ4v) is 4.33. The minimum atomic E-state index is -0.470. The molecule has 0 aliphatic heterocycles. The van der Waals surface area contributed by atoms with Gasteiger partial charge in [0.1, 0.15) is 16.3 Å². The van der Waals surface area contributed by atoms with Gasteiger partial charge in [0, 0.05) is 10.4 Å². The van der Waals surface area contributed by atoms with E-state index < -0.39 is 5.60 Å². The zero-order chi connectivity index (χ0) is 18.9. The number of fused-ring (bicyclic) bond motifs is 1. The second-order valence-electron chi connectivity index (χ2n) is 7.72. The van der Waals surface area contributed by atoms with E-state index in [4.69, 9.17) is 16.2 Å². The Labute approximate surface area is 158 Å². The number of ether oxygens (including phenoxy) is 1. The predicted octanol–water partition coefficient (Wildman–Crippen LogP) is 3.71. The first-order valence-electron chi connectivity index (χ1n) is 8.97. The first-order chi connectivity index (χ1) is 12.2. The van der Waals surface area contributed by atoms with Crippen molar-refractivity contribution in [2.24, 2.45) is 0 Å². The normalized spacial score (nSPS) is 16.5. The molecule has 1 aliphatic carbocycles. The van der Waals surface area contributed by atoms with Crippen molar-refractivity contribution in [2.75, 3.05) is 11.5 Å². The standard InChI is InChI=1S/C19H26N4O2S/c1-19(2,3)25-17(24)14-10-8-12(26-14)6-4-5-11-7-9-13-15(11)16(20)23-18(21)22-13/h8,10-11H,4-7,9H2,1-3H3,(H4,20,21,22,23). The number of hydrogen-bond donors (Lipinski definition) is 2. The van der Waals surface area contributed by atoms with Crippen molar-refractivity contribution >= 4 is 29.1 Å². The van der Waals surface area contributed by atoms with Crippen molar-refractivity contribution in [1.29, 1.82) is 0 Å². The maximum Gasteiger partial charge on any atom is 0.348 e. The lowest BCUT2D eigenvalue weighted by Gasteiger charge is -2.18. The number of aryl methyl sites for hydroxylation is 2. The Morgan fingerprint density at radius 3 is 2.81 bits per heavy atom. The minimum Gasteiger partial charge on any atom is -0.456 e. The van der Waals surface area contributed by atoms with Crippen molar-refractivity contribution in [3.05, 3.63) is 33.1 Å². The summed E-state index contributed by atoms with van der Waals surface area (Å²) in [6.45, 7) is 5.63. The van der Waals surface area contributed by atoms with E-state index in [0.717, 1.165) is 43.4 Å². The van der Waals surface area contributed by atoms with Gasteiger partial charge in [-0.1, -0.05) is 0 Å². The first-order valence-corrected chi connectivity index (χ1v) is 9.78. The predicted molar refractivity (Wildman–Crippen MR) is 104 cm³/mol. The van der Waals surface area contributed by atoms with Gasteiger partial charge in [-0.15, -0.1) is 11.3 Å². The highest BCUT2D eigenvalue weighted by Gasteiger charge is 2.27. The molecule has 26 heavy (non-hydrogen) atoms. The van der Waals surface area contributed by atoms with Crippen LogP contribution in [0.2, 0.25) is 0 Å². The molecule has 0 fully saturated rings. The van der Waals surface area contributed by atoms with Gasteiger partial charge in [-0.05, 0) is 70.9 Å². The van der Waals surface area contributed by atoms with E-state index in [9.17, 15) is 4.79 Å². The van der Waals surface area contributed by atoms with Crippen LogP contribution in [0.4, 0.5) is 11.8 Å². The van der Waals surface area contributed by atoms with Gasteiger partial charge >= 0.3 is 5.97 Å². The minimum absolute atomic E-state index is 0.249. The lowest BCUT2D eigenvalue weighted by molar-refractivity contribution is 0.00752. The second kappa shape index (κ2) is 7.23. The van der Waals surface area contributed by atoms with Gasteiger partial charge in [0.25, 0.3) is 0 Å². The molecule has 1 atom stereocenters. The van der Waals surface area contributed by atoms with Crippen LogP contribution in [0.1, 0.15) is 71.8 Å². The average molecular weight is 375 g/mol. The Morgan fingerprint density at radius 2 is 2.08 bits per heavy atom. The number of aromatic nitrogens is 2. The summed E-state index contributed by atoms with van der Waals surface area (Å²) in [6.07, 6.45) is 4.96. The molecule has 140 valence electrons. The van der Waals surface area contributed by atoms with E-state index in [-0.39, 0.29) is 11.9 Å². The van der Waals surface area contributed by atoms with Crippen molar-refractivity contribution in [1.82, 2.24) is 9.97 Å². The Balaban J connectivity index is 1.55. The molecule has 0 aromatic carbocycles. The summed E-state index contributed by atoms with van der Waals surface area (Å²) in [7, 11) is 0. The highest BCUT2D eigenvalue weighted by atomic mass is 32.1. The Bertz CT molecular complexity index is 810. The number of thiophene rings is 1. The lowest BCUT2D eigenvalue weighted by Crippen LogP contribution is -2.23. The Hall–Kier alpha value is -2.15. The molecule has 6 nitrogen and oxygen atoms in total. The number of hydrogen-bond acceptors (Lipinski definition) is 7. The molecule has 2 aromatic heterocycles. The topological polar surface area (TPSA) is 104 Å². The Morgan fingerprint density at radius 1 is 1.31 bits per heavy atom. The van der Waals surface area contributed by atoms with E-state index in [2.05, 4.69) is 9.97 Å². The molecule has 4 N–H and O–H groups in total. The highest BCUT2D eigenvalue weighted by molar-refractivity contribution is 7.13. The number of esters is 1. The van der Waals surface area contributed by atoms with E-state index in [1.54, 1.807) is 0 Å². The third-order valence-corrected chi connectivity index (χ3v) is 5.57. The molecule has 7 heteroatoms. The lowest BCUT2D eigenvalue weighted by atomic mass is 9.96. The summed E-state index contributed by atoms with van der Waals surface area (Å²) in [4.78, 5) is 22.4. The summed E-state index contributed by atoms with van der Waals surface area (Å²) < 4.78 is 5.42. The summed E-state index contributed by atoms with van der Waals surface area (Å²) in [5, 5.41) is 0. The van der Waals surface area contributed by atoms with Crippen LogP contribution in [-0.4, -0.2) is 21.5 Å². The van der Waals surface area contributed by atoms with Gasteiger partial charge in [-0.3, -0.25) is 0 Å². The molecule has 3 rings (SSSR count). The maximum absolute atomic E-state index is 12.1. The molecule has 0 amide bonds. The molecular weight excluding hydrogens is 348 g/mol. The van der Waals surface area contributed by atoms with Crippen molar-refractivity contribution in [2.45, 2.75) is 64.4 Å². The summed E-state index contributed by atoms with van der Waals surface area (Å²) in [5.74, 6) is 0.936. The number of carbonyl (C=O) groups is 1. The van der Waals surface area contributed by atoms with Gasteiger partial charge in [-0.2, -0.15) is 4.98 Å². The first kappa shape index (κ1) is 18.6. The summed E-state index contributed by atoms with van der Waals surface area (Å²) in [6, 6.07) is 3.87. The molecule has 0 saturated carbocycles. The molecule has 2 aromatic rings. The van der Waals surface area contributed by atoms with Crippen LogP contribution in [0.15, 0.2) is 12.1 Å². The molecule has 0 bridgehead atoms. The fourth-order valence-electron chi connectivity index (χ4n) is 3.41. The molecule has 0 radical (unpaired) electrons. The number of nitrogen functional groups attached to an aromatic ring is 2. The van der Waals surface area contributed by atoms with Crippen LogP contribution in [0, 0.1) is 0 Å². The van der Waals surface area contributed by atoms with Crippen LogP contribution in [0.5, 0.6) is 0 Å². The fraction of sp³-hybridized carbons (Fsp3) is 0.526. The van der Waals surface area contributed by atoms with E-state index in [0.29, 0.717) is 16.6 Å². The van der Waals surface area contributed by atoms with Gasteiger partial charge in [0.15, 0.2) is 0 Å². The summed E-state index contributed by atoms with van der Waals surface area (Å²) in [5.41, 5.74) is 13.3. The van der Waals surface area contributed by atoms with Gasteiger partial charge in [0.05, 0.1) is 5.69 Å². The van der Waals surface area contributed by atoms with Crippen LogP contribution in [0.25, 0.3) is 0 Å². The summed E-state index contributed by atoms with van der Waals surface area (Å²) >= 11 is 1.51. The van der Waals surface area contributed by atoms with Crippen LogP contribution >= 0.6 is 11.3 Å². The molecule has 1 unspecified atom stereocenters.